The highest BCUT2D eigenvalue weighted by Crippen LogP contribution is 2.31. The number of fused-ring (bicyclic) bond motifs is 1. The Hall–Kier alpha value is -1.81. The first-order valence-electron chi connectivity index (χ1n) is 8.37. The Morgan fingerprint density at radius 2 is 2.04 bits per heavy atom. The lowest BCUT2D eigenvalue weighted by molar-refractivity contribution is -0.119. The van der Waals surface area contributed by atoms with Gasteiger partial charge in [0.1, 0.15) is 5.75 Å². The van der Waals surface area contributed by atoms with Gasteiger partial charge in [0, 0.05) is 16.7 Å². The molecule has 1 aliphatic heterocycles. The molecule has 1 amide bonds. The van der Waals surface area contributed by atoms with Crippen molar-refractivity contribution < 1.29 is 9.53 Å². The molecule has 0 atom stereocenters. The maximum absolute atomic E-state index is 12.5. The molecule has 126 valence electrons. The third-order valence-electron chi connectivity index (χ3n) is 4.35. The molecule has 2 aromatic rings. The summed E-state index contributed by atoms with van der Waals surface area (Å²) in [5.41, 5.74) is 3.44. The van der Waals surface area contributed by atoms with E-state index in [2.05, 4.69) is 41.9 Å². The van der Waals surface area contributed by atoms with E-state index in [0.29, 0.717) is 18.9 Å². The van der Waals surface area contributed by atoms with Crippen LogP contribution in [0.15, 0.2) is 46.9 Å². The van der Waals surface area contributed by atoms with Crippen molar-refractivity contribution in [3.8, 4) is 5.75 Å². The van der Waals surface area contributed by atoms with Crippen LogP contribution in [0.3, 0.4) is 0 Å². The van der Waals surface area contributed by atoms with Crippen LogP contribution in [0.25, 0.3) is 0 Å². The molecule has 3 nitrogen and oxygen atoms in total. The van der Waals surface area contributed by atoms with Gasteiger partial charge in [0.25, 0.3) is 0 Å². The maximum atomic E-state index is 12.5. The van der Waals surface area contributed by atoms with Crippen molar-refractivity contribution in [1.29, 1.82) is 0 Å². The molecule has 2 aromatic carbocycles. The zero-order valence-electron chi connectivity index (χ0n) is 14.1. The highest BCUT2D eigenvalue weighted by Gasteiger charge is 2.24. The summed E-state index contributed by atoms with van der Waals surface area (Å²) in [6.07, 6.45) is 1.31. The van der Waals surface area contributed by atoms with Crippen LogP contribution in [0.5, 0.6) is 5.75 Å². The van der Waals surface area contributed by atoms with E-state index in [1.807, 2.05) is 35.2 Å². The van der Waals surface area contributed by atoms with Crippen molar-refractivity contribution in [2.75, 3.05) is 18.1 Å². The van der Waals surface area contributed by atoms with Crippen LogP contribution >= 0.6 is 15.9 Å². The number of anilines is 1. The molecular weight excluding hydrogens is 366 g/mol. The number of hydrogen-bond acceptors (Lipinski definition) is 2. The molecule has 0 bridgehead atoms. The summed E-state index contributed by atoms with van der Waals surface area (Å²) in [6, 6.07) is 14.1. The van der Waals surface area contributed by atoms with E-state index in [1.54, 1.807) is 0 Å². The van der Waals surface area contributed by atoms with E-state index in [1.165, 1.54) is 11.1 Å². The fraction of sp³-hybridized carbons (Fsp3) is 0.350. The van der Waals surface area contributed by atoms with Gasteiger partial charge in [0.2, 0.25) is 5.91 Å². The first kappa shape index (κ1) is 17.0. The van der Waals surface area contributed by atoms with Gasteiger partial charge in [-0.15, -0.1) is 0 Å². The molecule has 0 saturated heterocycles. The monoisotopic (exact) mass is 387 g/mol. The molecule has 24 heavy (non-hydrogen) atoms. The summed E-state index contributed by atoms with van der Waals surface area (Å²) in [7, 11) is 0. The van der Waals surface area contributed by atoms with Crippen LogP contribution in [0.1, 0.15) is 37.3 Å². The second kappa shape index (κ2) is 7.39. The smallest absolute Gasteiger partial charge is 0.230 e. The minimum Gasteiger partial charge on any atom is -0.493 e. The van der Waals surface area contributed by atoms with Crippen molar-refractivity contribution in [3.05, 3.63) is 58.1 Å². The van der Waals surface area contributed by atoms with Crippen molar-refractivity contribution in [3.63, 3.8) is 0 Å². The molecule has 0 unspecified atom stereocenters. The fourth-order valence-electron chi connectivity index (χ4n) is 3.10. The Balaban J connectivity index is 1.60. The number of nitrogens with zero attached hydrogens (tertiary/aromatic N) is 1. The van der Waals surface area contributed by atoms with Crippen molar-refractivity contribution in [2.45, 2.75) is 32.6 Å². The minimum atomic E-state index is 0.123. The summed E-state index contributed by atoms with van der Waals surface area (Å²) < 4.78 is 6.94. The zero-order valence-corrected chi connectivity index (χ0v) is 15.7. The van der Waals surface area contributed by atoms with Crippen molar-refractivity contribution in [1.82, 2.24) is 0 Å². The quantitative estimate of drug-likeness (QED) is 0.727. The summed E-state index contributed by atoms with van der Waals surface area (Å²) >= 11 is 3.48. The van der Waals surface area contributed by atoms with Crippen LogP contribution in [0.4, 0.5) is 5.69 Å². The number of halogens is 1. The first-order valence-corrected chi connectivity index (χ1v) is 9.16. The molecule has 1 heterocycles. The van der Waals surface area contributed by atoms with Gasteiger partial charge in [0.15, 0.2) is 0 Å². The summed E-state index contributed by atoms with van der Waals surface area (Å²) in [5.74, 6) is 1.41. The van der Waals surface area contributed by atoms with Gasteiger partial charge in [-0.05, 0) is 47.7 Å². The van der Waals surface area contributed by atoms with Gasteiger partial charge in [-0.3, -0.25) is 4.79 Å². The summed E-state index contributed by atoms with van der Waals surface area (Å²) in [5, 5.41) is 0. The van der Waals surface area contributed by atoms with Gasteiger partial charge in [-0.25, -0.2) is 0 Å². The maximum Gasteiger partial charge on any atom is 0.230 e. The Morgan fingerprint density at radius 1 is 1.25 bits per heavy atom. The van der Waals surface area contributed by atoms with Crippen molar-refractivity contribution >= 4 is 27.5 Å². The number of benzene rings is 2. The molecule has 4 heteroatoms. The van der Waals surface area contributed by atoms with E-state index < -0.39 is 0 Å². The van der Waals surface area contributed by atoms with Crippen molar-refractivity contribution in [2.24, 2.45) is 0 Å². The topological polar surface area (TPSA) is 29.5 Å². The van der Waals surface area contributed by atoms with Gasteiger partial charge in [-0.2, -0.15) is 0 Å². The fourth-order valence-corrected chi connectivity index (χ4v) is 3.51. The van der Waals surface area contributed by atoms with E-state index in [0.717, 1.165) is 28.9 Å². The molecule has 1 aliphatic rings. The van der Waals surface area contributed by atoms with Gasteiger partial charge < -0.3 is 9.64 Å². The summed E-state index contributed by atoms with van der Waals surface area (Å²) in [4.78, 5) is 14.4. The second-order valence-corrected chi connectivity index (χ2v) is 7.28. The van der Waals surface area contributed by atoms with Gasteiger partial charge in [0.05, 0.1) is 13.0 Å². The van der Waals surface area contributed by atoms with Crippen LogP contribution in [-0.4, -0.2) is 19.1 Å². The molecule has 0 fully saturated rings. The standard InChI is InChI=1S/C20H22BrNO2/c1-14(2)17-5-3-4-6-19(17)24-12-10-20(23)22-11-9-15-13-16(21)7-8-18(15)22/h3-8,13-14H,9-12H2,1-2H3. The molecule has 0 saturated carbocycles. The molecular formula is C20H22BrNO2. The van der Waals surface area contributed by atoms with E-state index >= 15 is 0 Å². The Kier molecular flexibility index (Phi) is 5.24. The minimum absolute atomic E-state index is 0.123. The number of rotatable bonds is 5. The molecule has 3 rings (SSSR count). The highest BCUT2D eigenvalue weighted by atomic mass is 79.9. The van der Waals surface area contributed by atoms with Crippen LogP contribution in [0.2, 0.25) is 0 Å². The van der Waals surface area contributed by atoms with E-state index in [9.17, 15) is 4.79 Å². The van der Waals surface area contributed by atoms with Crippen LogP contribution < -0.4 is 9.64 Å². The third kappa shape index (κ3) is 3.64. The van der Waals surface area contributed by atoms with Crippen LogP contribution in [-0.2, 0) is 11.2 Å². The molecule has 0 radical (unpaired) electrons. The summed E-state index contributed by atoms with van der Waals surface area (Å²) in [6.45, 7) is 5.46. The first-order chi connectivity index (χ1) is 11.6. The number of amides is 1. The number of hydrogen-bond donors (Lipinski definition) is 0. The highest BCUT2D eigenvalue weighted by molar-refractivity contribution is 9.10. The molecule has 0 aromatic heterocycles. The molecule has 0 spiro atoms. The predicted octanol–water partition coefficient (Wildman–Crippen LogP) is 4.93. The lowest BCUT2D eigenvalue weighted by Crippen LogP contribution is -2.30. The molecule has 0 N–H and O–H groups in total. The number of carbonyl (C=O) groups excluding carboxylic acids is 1. The predicted molar refractivity (Wildman–Crippen MR) is 101 cm³/mol. The number of ether oxygens (including phenoxy) is 1. The normalized spacial score (nSPS) is 13.2. The zero-order chi connectivity index (χ0) is 17.1. The largest absolute Gasteiger partial charge is 0.493 e. The Labute approximate surface area is 151 Å². The van der Waals surface area contributed by atoms with Crippen LogP contribution in [0, 0.1) is 0 Å². The van der Waals surface area contributed by atoms with Gasteiger partial charge >= 0.3 is 0 Å². The Bertz CT molecular complexity index is 742. The third-order valence-corrected chi connectivity index (χ3v) is 4.85. The second-order valence-electron chi connectivity index (χ2n) is 6.36. The lowest BCUT2D eigenvalue weighted by atomic mass is 10.0. The van der Waals surface area contributed by atoms with E-state index in [4.69, 9.17) is 4.74 Å². The number of carbonyl (C=O) groups is 1. The van der Waals surface area contributed by atoms with Gasteiger partial charge in [-0.1, -0.05) is 48.0 Å². The average Bonchev–Trinajstić information content (AvgIpc) is 2.98. The van der Waals surface area contributed by atoms with E-state index in [-0.39, 0.29) is 5.91 Å². The molecule has 0 aliphatic carbocycles. The Morgan fingerprint density at radius 3 is 2.83 bits per heavy atom. The lowest BCUT2D eigenvalue weighted by Gasteiger charge is -2.18. The SMILES string of the molecule is CC(C)c1ccccc1OCCC(=O)N1CCc2cc(Br)ccc21. The number of para-hydroxylation sites is 1. The average molecular weight is 388 g/mol.